The van der Waals surface area contributed by atoms with E-state index in [2.05, 4.69) is 17.7 Å². The highest BCUT2D eigenvalue weighted by molar-refractivity contribution is 5.39. The molecule has 0 N–H and O–H groups in total. The second kappa shape index (κ2) is 5.56. The fraction of sp³-hybridized carbons (Fsp3) is 0.533. The van der Waals surface area contributed by atoms with Crippen LogP contribution in [0.4, 0.5) is 8.78 Å². The minimum Gasteiger partial charge on any atom is -0.435 e. The number of hydrogen-bond donors (Lipinski definition) is 0. The third-order valence-electron chi connectivity index (χ3n) is 3.82. The number of nitriles is 1. The van der Waals surface area contributed by atoms with Crippen LogP contribution in [0.25, 0.3) is 0 Å². The van der Waals surface area contributed by atoms with Gasteiger partial charge in [-0.1, -0.05) is 31.9 Å². The molecule has 1 aromatic carbocycles. The normalized spacial score (nSPS) is 25.7. The quantitative estimate of drug-likeness (QED) is 0.797. The number of nitrogens with zero attached hydrogens (tertiary/aromatic N) is 1. The summed E-state index contributed by atoms with van der Waals surface area (Å²) in [6, 6.07) is 8.86. The molecule has 0 aromatic heterocycles. The maximum Gasteiger partial charge on any atom is 0.387 e. The van der Waals surface area contributed by atoms with Gasteiger partial charge in [-0.25, -0.2) is 0 Å². The van der Waals surface area contributed by atoms with Crippen molar-refractivity contribution in [3.8, 4) is 11.8 Å². The van der Waals surface area contributed by atoms with Gasteiger partial charge < -0.3 is 4.74 Å². The van der Waals surface area contributed by atoms with Gasteiger partial charge in [0.25, 0.3) is 0 Å². The third-order valence-corrected chi connectivity index (χ3v) is 3.82. The van der Waals surface area contributed by atoms with Crippen molar-refractivity contribution in [3.05, 3.63) is 29.8 Å². The molecule has 0 spiro atoms. The minimum absolute atomic E-state index is 0.135. The fourth-order valence-electron chi connectivity index (χ4n) is 2.89. The van der Waals surface area contributed by atoms with Crippen LogP contribution in [0.5, 0.6) is 5.75 Å². The third kappa shape index (κ3) is 2.86. The Kier molecular flexibility index (Phi) is 4.04. The van der Waals surface area contributed by atoms with Crippen molar-refractivity contribution in [1.29, 1.82) is 5.26 Å². The van der Waals surface area contributed by atoms with Crippen molar-refractivity contribution in [2.24, 2.45) is 5.92 Å². The molecule has 1 fully saturated rings. The largest absolute Gasteiger partial charge is 0.435 e. The Morgan fingerprint density at radius 2 is 2.00 bits per heavy atom. The number of benzene rings is 1. The maximum absolute atomic E-state index is 12.1. The van der Waals surface area contributed by atoms with Crippen LogP contribution < -0.4 is 4.74 Å². The van der Waals surface area contributed by atoms with E-state index in [1.807, 2.05) is 0 Å². The molecule has 1 saturated carbocycles. The van der Waals surface area contributed by atoms with Gasteiger partial charge >= 0.3 is 6.61 Å². The zero-order valence-electron chi connectivity index (χ0n) is 10.9. The van der Waals surface area contributed by atoms with Crippen LogP contribution in [0.2, 0.25) is 0 Å². The Morgan fingerprint density at radius 1 is 1.37 bits per heavy atom. The van der Waals surface area contributed by atoms with Crippen molar-refractivity contribution in [3.63, 3.8) is 0 Å². The van der Waals surface area contributed by atoms with Gasteiger partial charge in [-0.15, -0.1) is 0 Å². The molecule has 1 aliphatic rings. The highest BCUT2D eigenvalue weighted by Crippen LogP contribution is 2.49. The topological polar surface area (TPSA) is 33.0 Å². The first-order valence-corrected chi connectivity index (χ1v) is 6.56. The molecule has 0 atom stereocenters. The first kappa shape index (κ1) is 13.8. The Bertz CT molecular complexity index is 458. The molecule has 0 aliphatic heterocycles. The molecular formula is C15H17F2NO. The lowest BCUT2D eigenvalue weighted by Gasteiger charge is -2.43. The Hall–Kier alpha value is -1.63. The van der Waals surface area contributed by atoms with Crippen LogP contribution in [-0.4, -0.2) is 6.61 Å². The lowest BCUT2D eigenvalue weighted by atomic mass is 9.58. The molecule has 0 saturated heterocycles. The van der Waals surface area contributed by atoms with Gasteiger partial charge in [0.05, 0.1) is 11.5 Å². The van der Waals surface area contributed by atoms with E-state index in [-0.39, 0.29) is 5.75 Å². The number of ether oxygens (including phenoxy) is 1. The fourth-order valence-corrected chi connectivity index (χ4v) is 2.89. The molecule has 19 heavy (non-hydrogen) atoms. The lowest BCUT2D eigenvalue weighted by molar-refractivity contribution is -0.0498. The zero-order chi connectivity index (χ0) is 13.9. The summed E-state index contributed by atoms with van der Waals surface area (Å²) in [6.45, 7) is -0.670. The molecule has 0 unspecified atom stereocenters. The Labute approximate surface area is 112 Å². The number of hydrogen-bond acceptors (Lipinski definition) is 2. The van der Waals surface area contributed by atoms with E-state index in [1.165, 1.54) is 12.1 Å². The second-order valence-electron chi connectivity index (χ2n) is 5.16. The van der Waals surface area contributed by atoms with Crippen LogP contribution >= 0.6 is 0 Å². The number of rotatable bonds is 5. The molecule has 2 rings (SSSR count). The lowest BCUT2D eigenvalue weighted by Crippen LogP contribution is -2.39. The number of alkyl halides is 2. The summed E-state index contributed by atoms with van der Waals surface area (Å²) >= 11 is 0. The summed E-state index contributed by atoms with van der Waals surface area (Å²) in [5.41, 5.74) is 0.479. The summed E-state index contributed by atoms with van der Waals surface area (Å²) in [7, 11) is 0. The standard InChI is InChI=1S/C15H17F2NO/c1-2-3-11-8-15(9-11,10-18)12-4-6-13(7-5-12)19-14(16)17/h4-7,11,14H,2-3,8-9H2,1H3. The molecular weight excluding hydrogens is 248 g/mol. The minimum atomic E-state index is -2.81. The van der Waals surface area contributed by atoms with E-state index >= 15 is 0 Å². The van der Waals surface area contributed by atoms with Crippen LogP contribution in [-0.2, 0) is 5.41 Å². The van der Waals surface area contributed by atoms with Gasteiger partial charge in [0, 0.05) is 0 Å². The van der Waals surface area contributed by atoms with E-state index in [9.17, 15) is 14.0 Å². The first-order valence-electron chi connectivity index (χ1n) is 6.56. The predicted molar refractivity (Wildman–Crippen MR) is 68.0 cm³/mol. The Morgan fingerprint density at radius 3 is 2.47 bits per heavy atom. The zero-order valence-corrected chi connectivity index (χ0v) is 10.9. The summed E-state index contributed by atoms with van der Waals surface area (Å²) in [5.74, 6) is 0.748. The summed E-state index contributed by atoms with van der Waals surface area (Å²) in [6.07, 6.45) is 4.02. The monoisotopic (exact) mass is 265 g/mol. The SMILES string of the molecule is CCCC1CC(C#N)(c2ccc(OC(F)F)cc2)C1. The molecule has 0 heterocycles. The average Bonchev–Trinajstić information content (AvgIpc) is 2.34. The molecule has 102 valence electrons. The van der Waals surface area contributed by atoms with Crippen LogP contribution in [0, 0.1) is 17.2 Å². The van der Waals surface area contributed by atoms with Crippen molar-refractivity contribution in [1.82, 2.24) is 0 Å². The maximum atomic E-state index is 12.1. The second-order valence-corrected chi connectivity index (χ2v) is 5.16. The summed E-state index contributed by atoms with van der Waals surface area (Å²) in [5, 5.41) is 9.39. The van der Waals surface area contributed by atoms with Gasteiger partial charge in [-0.05, 0) is 36.5 Å². The van der Waals surface area contributed by atoms with E-state index in [4.69, 9.17) is 0 Å². The number of halogens is 2. The van der Waals surface area contributed by atoms with Crippen molar-refractivity contribution >= 4 is 0 Å². The summed E-state index contributed by atoms with van der Waals surface area (Å²) < 4.78 is 28.4. The van der Waals surface area contributed by atoms with Crippen molar-refractivity contribution < 1.29 is 13.5 Å². The summed E-state index contributed by atoms with van der Waals surface area (Å²) in [4.78, 5) is 0. The highest BCUT2D eigenvalue weighted by atomic mass is 19.3. The van der Waals surface area contributed by atoms with E-state index in [0.29, 0.717) is 5.92 Å². The van der Waals surface area contributed by atoms with Gasteiger partial charge in [-0.3, -0.25) is 0 Å². The first-order chi connectivity index (χ1) is 9.09. The van der Waals surface area contributed by atoms with E-state index in [1.54, 1.807) is 12.1 Å². The average molecular weight is 265 g/mol. The van der Waals surface area contributed by atoms with Gasteiger partial charge in [-0.2, -0.15) is 14.0 Å². The molecule has 0 bridgehead atoms. The van der Waals surface area contributed by atoms with Crippen molar-refractivity contribution in [2.75, 3.05) is 0 Å². The van der Waals surface area contributed by atoms with E-state index < -0.39 is 12.0 Å². The molecule has 4 heteroatoms. The van der Waals surface area contributed by atoms with E-state index in [0.717, 1.165) is 31.2 Å². The van der Waals surface area contributed by atoms with Gasteiger partial charge in [0.15, 0.2) is 0 Å². The highest BCUT2D eigenvalue weighted by Gasteiger charge is 2.45. The predicted octanol–water partition coefficient (Wildman–Crippen LogP) is 4.26. The molecule has 0 radical (unpaired) electrons. The Balaban J connectivity index is 2.07. The van der Waals surface area contributed by atoms with Crippen LogP contribution in [0.3, 0.4) is 0 Å². The van der Waals surface area contributed by atoms with Crippen LogP contribution in [0.1, 0.15) is 38.2 Å². The molecule has 1 aliphatic carbocycles. The van der Waals surface area contributed by atoms with Gasteiger partial charge in [0.1, 0.15) is 5.75 Å². The van der Waals surface area contributed by atoms with Crippen LogP contribution in [0.15, 0.2) is 24.3 Å². The molecule has 1 aromatic rings. The molecule has 0 amide bonds. The smallest absolute Gasteiger partial charge is 0.387 e. The van der Waals surface area contributed by atoms with Gasteiger partial charge in [0.2, 0.25) is 0 Å². The van der Waals surface area contributed by atoms with Crippen molar-refractivity contribution in [2.45, 2.75) is 44.6 Å². The molecule has 2 nitrogen and oxygen atoms in total.